The monoisotopic (exact) mass is 395 g/mol. The molecule has 0 spiro atoms. The third-order valence-electron chi connectivity index (χ3n) is 5.71. The second kappa shape index (κ2) is 6.99. The van der Waals surface area contributed by atoms with Crippen molar-refractivity contribution in [3.8, 4) is 0 Å². The maximum Gasteiger partial charge on any atom is 0.257 e. The molecular formula is C22H22FN3O3. The first-order valence-corrected chi connectivity index (χ1v) is 9.61. The molecular weight excluding hydrogens is 373 g/mol. The van der Waals surface area contributed by atoms with Gasteiger partial charge < -0.3 is 10.2 Å². The van der Waals surface area contributed by atoms with Gasteiger partial charge in [0.25, 0.3) is 5.91 Å². The summed E-state index contributed by atoms with van der Waals surface area (Å²) in [6.45, 7) is 3.75. The molecule has 0 radical (unpaired) electrons. The van der Waals surface area contributed by atoms with Gasteiger partial charge in [0.15, 0.2) is 0 Å². The van der Waals surface area contributed by atoms with Crippen molar-refractivity contribution in [1.29, 1.82) is 0 Å². The van der Waals surface area contributed by atoms with Crippen molar-refractivity contribution in [1.82, 2.24) is 4.90 Å². The zero-order valence-electron chi connectivity index (χ0n) is 16.4. The molecule has 0 saturated carbocycles. The lowest BCUT2D eigenvalue weighted by Gasteiger charge is -2.48. The van der Waals surface area contributed by atoms with Crippen molar-refractivity contribution < 1.29 is 18.8 Å². The molecule has 1 fully saturated rings. The third-order valence-corrected chi connectivity index (χ3v) is 5.71. The van der Waals surface area contributed by atoms with E-state index in [0.717, 1.165) is 5.56 Å². The predicted molar refractivity (Wildman–Crippen MR) is 107 cm³/mol. The van der Waals surface area contributed by atoms with Gasteiger partial charge in [-0.25, -0.2) is 4.39 Å². The highest BCUT2D eigenvalue weighted by molar-refractivity contribution is 6.10. The van der Waals surface area contributed by atoms with Gasteiger partial charge in [0.2, 0.25) is 11.8 Å². The van der Waals surface area contributed by atoms with E-state index in [1.807, 2.05) is 6.92 Å². The number of nitrogens with zero attached hydrogens (tertiary/aromatic N) is 2. The number of carbonyl (C=O) groups excluding carboxylic acids is 3. The summed E-state index contributed by atoms with van der Waals surface area (Å²) in [5.74, 6) is -1.13. The van der Waals surface area contributed by atoms with E-state index in [1.165, 1.54) is 12.1 Å². The number of benzene rings is 2. The summed E-state index contributed by atoms with van der Waals surface area (Å²) in [5, 5.41) is 2.56. The fourth-order valence-corrected chi connectivity index (χ4v) is 4.19. The van der Waals surface area contributed by atoms with Crippen molar-refractivity contribution in [2.45, 2.75) is 38.8 Å². The molecule has 1 atom stereocenters. The van der Waals surface area contributed by atoms with Gasteiger partial charge in [-0.1, -0.05) is 18.2 Å². The summed E-state index contributed by atoms with van der Waals surface area (Å²) in [7, 11) is 0. The summed E-state index contributed by atoms with van der Waals surface area (Å²) in [5.41, 5.74) is 1.13. The Morgan fingerprint density at radius 3 is 2.72 bits per heavy atom. The minimum absolute atomic E-state index is 0.00115. The molecule has 2 aliphatic rings. The van der Waals surface area contributed by atoms with Gasteiger partial charge in [0.05, 0.1) is 16.9 Å². The van der Waals surface area contributed by atoms with E-state index in [-0.39, 0.29) is 36.4 Å². The molecule has 29 heavy (non-hydrogen) atoms. The van der Waals surface area contributed by atoms with Crippen LogP contribution in [0.4, 0.5) is 15.8 Å². The molecule has 4 rings (SSSR count). The van der Waals surface area contributed by atoms with Crippen LogP contribution in [0.1, 0.15) is 42.1 Å². The Labute approximate surface area is 168 Å². The number of carbonyl (C=O) groups is 3. The Hall–Kier alpha value is -3.22. The first kappa shape index (κ1) is 19.1. The molecule has 7 heteroatoms. The van der Waals surface area contributed by atoms with Crippen LogP contribution >= 0.6 is 0 Å². The molecule has 2 aliphatic heterocycles. The molecule has 2 aromatic carbocycles. The van der Waals surface area contributed by atoms with Gasteiger partial charge >= 0.3 is 0 Å². The number of aryl methyl sites for hydroxylation is 1. The number of amides is 3. The van der Waals surface area contributed by atoms with Crippen LogP contribution in [-0.2, 0) is 9.59 Å². The minimum atomic E-state index is -0.808. The van der Waals surface area contributed by atoms with Crippen LogP contribution in [0.2, 0.25) is 0 Å². The SMILES string of the molecule is Cc1ccc(NC(=O)CCN2C(=O)c3ccccc3N3C(=O)CCC23C)c(F)c1. The molecule has 0 aromatic heterocycles. The number of fused-ring (bicyclic) bond motifs is 3. The van der Waals surface area contributed by atoms with Crippen LogP contribution in [0.5, 0.6) is 0 Å². The number of nitrogens with one attached hydrogen (secondary N) is 1. The van der Waals surface area contributed by atoms with E-state index in [9.17, 15) is 18.8 Å². The van der Waals surface area contributed by atoms with Crippen LogP contribution in [0.25, 0.3) is 0 Å². The second-order valence-electron chi connectivity index (χ2n) is 7.70. The number of hydrogen-bond acceptors (Lipinski definition) is 3. The van der Waals surface area contributed by atoms with Gasteiger partial charge in [-0.3, -0.25) is 19.3 Å². The average molecular weight is 395 g/mol. The van der Waals surface area contributed by atoms with E-state index >= 15 is 0 Å². The Kier molecular flexibility index (Phi) is 4.61. The number of halogens is 1. The van der Waals surface area contributed by atoms with E-state index < -0.39 is 11.5 Å². The van der Waals surface area contributed by atoms with Gasteiger partial charge in [0.1, 0.15) is 11.5 Å². The molecule has 2 heterocycles. The fourth-order valence-electron chi connectivity index (χ4n) is 4.19. The molecule has 1 N–H and O–H groups in total. The maximum atomic E-state index is 14.0. The quantitative estimate of drug-likeness (QED) is 0.862. The predicted octanol–water partition coefficient (Wildman–Crippen LogP) is 3.46. The highest BCUT2D eigenvalue weighted by Crippen LogP contribution is 2.43. The molecule has 3 amide bonds. The van der Waals surface area contributed by atoms with Crippen molar-refractivity contribution >= 4 is 29.1 Å². The first-order valence-electron chi connectivity index (χ1n) is 9.61. The number of para-hydroxylation sites is 1. The van der Waals surface area contributed by atoms with Crippen molar-refractivity contribution in [2.24, 2.45) is 0 Å². The average Bonchev–Trinajstić information content (AvgIpc) is 2.99. The van der Waals surface area contributed by atoms with Crippen LogP contribution in [0.3, 0.4) is 0 Å². The Balaban J connectivity index is 1.54. The fraction of sp³-hybridized carbons (Fsp3) is 0.318. The lowest BCUT2D eigenvalue weighted by molar-refractivity contribution is -0.117. The largest absolute Gasteiger partial charge is 0.324 e. The molecule has 2 aromatic rings. The Morgan fingerprint density at radius 1 is 1.21 bits per heavy atom. The summed E-state index contributed by atoms with van der Waals surface area (Å²) in [4.78, 5) is 41.3. The van der Waals surface area contributed by atoms with E-state index in [4.69, 9.17) is 0 Å². The Morgan fingerprint density at radius 2 is 1.97 bits per heavy atom. The molecule has 0 aliphatic carbocycles. The van der Waals surface area contributed by atoms with E-state index in [1.54, 1.807) is 47.1 Å². The smallest absolute Gasteiger partial charge is 0.257 e. The van der Waals surface area contributed by atoms with E-state index in [0.29, 0.717) is 24.1 Å². The summed E-state index contributed by atoms with van der Waals surface area (Å²) >= 11 is 0. The number of hydrogen-bond donors (Lipinski definition) is 1. The van der Waals surface area contributed by atoms with Gasteiger partial charge in [-0.05, 0) is 50.1 Å². The summed E-state index contributed by atoms with van der Waals surface area (Å²) in [6.07, 6.45) is 0.842. The number of rotatable bonds is 4. The van der Waals surface area contributed by atoms with Gasteiger partial charge in [-0.15, -0.1) is 0 Å². The summed E-state index contributed by atoms with van der Waals surface area (Å²) < 4.78 is 14.0. The zero-order valence-corrected chi connectivity index (χ0v) is 16.4. The molecule has 6 nitrogen and oxygen atoms in total. The van der Waals surface area contributed by atoms with Crippen molar-refractivity contribution in [3.63, 3.8) is 0 Å². The van der Waals surface area contributed by atoms with Crippen LogP contribution in [0, 0.1) is 12.7 Å². The lowest BCUT2D eigenvalue weighted by Crippen LogP contribution is -2.62. The topological polar surface area (TPSA) is 69.7 Å². The first-order chi connectivity index (χ1) is 13.8. The third kappa shape index (κ3) is 3.16. The maximum absolute atomic E-state index is 14.0. The second-order valence-corrected chi connectivity index (χ2v) is 7.70. The Bertz CT molecular complexity index is 1020. The van der Waals surface area contributed by atoms with Crippen LogP contribution in [-0.4, -0.2) is 34.8 Å². The standard InChI is InChI=1S/C22H22FN3O3/c1-14-7-8-17(16(23)13-14)24-19(27)10-12-25-21(29)15-5-3-4-6-18(15)26-20(28)9-11-22(25,26)2/h3-8,13H,9-12H2,1-2H3,(H,24,27). The zero-order chi connectivity index (χ0) is 20.8. The van der Waals surface area contributed by atoms with Gasteiger partial charge in [0, 0.05) is 19.4 Å². The highest BCUT2D eigenvalue weighted by atomic mass is 19.1. The molecule has 1 unspecified atom stereocenters. The van der Waals surface area contributed by atoms with Crippen molar-refractivity contribution in [2.75, 3.05) is 16.8 Å². The lowest BCUT2D eigenvalue weighted by atomic mass is 9.98. The normalized spacial score (nSPS) is 20.5. The molecule has 0 bridgehead atoms. The highest BCUT2D eigenvalue weighted by Gasteiger charge is 2.52. The van der Waals surface area contributed by atoms with Gasteiger partial charge in [-0.2, -0.15) is 0 Å². The van der Waals surface area contributed by atoms with Crippen LogP contribution in [0.15, 0.2) is 42.5 Å². The molecule has 150 valence electrons. The minimum Gasteiger partial charge on any atom is -0.324 e. The molecule has 1 saturated heterocycles. The number of anilines is 2. The van der Waals surface area contributed by atoms with Crippen molar-refractivity contribution in [3.05, 3.63) is 59.4 Å². The summed E-state index contributed by atoms with van der Waals surface area (Å²) in [6, 6.07) is 11.6. The van der Waals surface area contributed by atoms with E-state index in [2.05, 4.69) is 5.32 Å². The van der Waals surface area contributed by atoms with Crippen LogP contribution < -0.4 is 10.2 Å².